The highest BCUT2D eigenvalue weighted by molar-refractivity contribution is 6.35. The Hall–Kier alpha value is -3.37. The summed E-state index contributed by atoms with van der Waals surface area (Å²) in [5, 5.41) is 2.31. The summed E-state index contributed by atoms with van der Waals surface area (Å²) in [5.41, 5.74) is 4.77. The zero-order valence-corrected chi connectivity index (χ0v) is 18.2. The minimum absolute atomic E-state index is 0.0826. The van der Waals surface area contributed by atoms with Crippen LogP contribution in [0.1, 0.15) is 34.8 Å². The molecular weight excluding hydrogens is 465 g/mol. The van der Waals surface area contributed by atoms with Gasteiger partial charge in [0.25, 0.3) is 5.91 Å². The van der Waals surface area contributed by atoms with E-state index in [2.05, 4.69) is 31.1 Å². The average molecular weight is 481 g/mol. The van der Waals surface area contributed by atoms with Gasteiger partial charge in [0.05, 0.1) is 22.3 Å². The van der Waals surface area contributed by atoms with Gasteiger partial charge in [-0.1, -0.05) is 23.2 Å². The van der Waals surface area contributed by atoms with Gasteiger partial charge < -0.3 is 5.32 Å². The number of nitrogens with zero attached hydrogens (tertiary/aromatic N) is 3. The molecule has 0 aliphatic carbocycles. The second-order valence-electron chi connectivity index (χ2n) is 6.63. The molecule has 1 unspecified atom stereocenters. The van der Waals surface area contributed by atoms with Crippen molar-refractivity contribution >= 4 is 35.1 Å². The monoisotopic (exact) mass is 480 g/mol. The molecule has 0 saturated carbocycles. The van der Waals surface area contributed by atoms with E-state index in [0.717, 1.165) is 12.1 Å². The topological polar surface area (TPSA) is 109 Å². The van der Waals surface area contributed by atoms with Crippen molar-refractivity contribution in [2.45, 2.75) is 19.9 Å². The third-order valence-corrected chi connectivity index (χ3v) is 4.87. The van der Waals surface area contributed by atoms with Crippen molar-refractivity contribution in [3.8, 4) is 11.1 Å². The van der Waals surface area contributed by atoms with E-state index in [9.17, 15) is 18.4 Å². The van der Waals surface area contributed by atoms with Crippen LogP contribution >= 0.6 is 23.2 Å². The molecular formula is C20H16Cl2F2N6O2. The minimum Gasteiger partial charge on any atom is -0.329 e. The predicted octanol–water partition coefficient (Wildman–Crippen LogP) is 4.14. The molecule has 0 saturated heterocycles. The van der Waals surface area contributed by atoms with Gasteiger partial charge in [-0.15, -0.1) is 0 Å². The van der Waals surface area contributed by atoms with Gasteiger partial charge in [0.15, 0.2) is 0 Å². The van der Waals surface area contributed by atoms with Gasteiger partial charge in [0, 0.05) is 34.7 Å². The number of pyridine rings is 1. The van der Waals surface area contributed by atoms with Crippen LogP contribution < -0.4 is 16.2 Å². The van der Waals surface area contributed by atoms with Crippen LogP contribution in [0.2, 0.25) is 10.0 Å². The Labute approximate surface area is 191 Å². The molecule has 12 heteroatoms. The van der Waals surface area contributed by atoms with E-state index < -0.39 is 29.6 Å². The summed E-state index contributed by atoms with van der Waals surface area (Å²) in [6, 6.07) is 1.87. The summed E-state index contributed by atoms with van der Waals surface area (Å²) in [5.74, 6) is -1.64. The summed E-state index contributed by atoms with van der Waals surface area (Å²) in [6.45, 7) is 3.16. The van der Waals surface area contributed by atoms with Crippen LogP contribution in [-0.2, 0) is 0 Å². The molecule has 0 fully saturated rings. The fourth-order valence-corrected chi connectivity index (χ4v) is 3.10. The first-order valence-corrected chi connectivity index (χ1v) is 9.87. The van der Waals surface area contributed by atoms with Crippen LogP contribution in [0.4, 0.5) is 13.6 Å². The van der Waals surface area contributed by atoms with Crippen molar-refractivity contribution in [3.05, 3.63) is 75.6 Å². The van der Waals surface area contributed by atoms with Gasteiger partial charge in [-0.25, -0.2) is 29.0 Å². The van der Waals surface area contributed by atoms with Crippen LogP contribution in [0.25, 0.3) is 11.1 Å². The lowest BCUT2D eigenvalue weighted by Crippen LogP contribution is -2.47. The van der Waals surface area contributed by atoms with Gasteiger partial charge in [-0.05, 0) is 32.0 Å². The normalized spacial score (nSPS) is 11.6. The van der Waals surface area contributed by atoms with Gasteiger partial charge >= 0.3 is 6.03 Å². The standard InChI is InChI=1S/C20H16Cl2F2N6O2/c1-9(28-20(32)30-29-19(31)12-7-25-10(2)26-8-12)18-16(24)3-11(6-27-18)14-4-13(21)5-15(23)17(14)22/h3-9H,1-2H3,(H,29,31)(H2,28,30,32). The van der Waals surface area contributed by atoms with Gasteiger partial charge in [-0.3, -0.25) is 15.2 Å². The van der Waals surface area contributed by atoms with Crippen LogP contribution in [0.3, 0.4) is 0 Å². The van der Waals surface area contributed by atoms with Gasteiger partial charge in [0.1, 0.15) is 17.5 Å². The Morgan fingerprint density at radius 2 is 1.66 bits per heavy atom. The van der Waals surface area contributed by atoms with Crippen molar-refractivity contribution in [1.82, 2.24) is 31.1 Å². The van der Waals surface area contributed by atoms with E-state index in [4.69, 9.17) is 23.2 Å². The first-order chi connectivity index (χ1) is 15.2. The molecule has 2 aromatic heterocycles. The summed E-state index contributed by atoms with van der Waals surface area (Å²) >= 11 is 11.8. The number of carbonyl (C=O) groups excluding carboxylic acids is 2. The number of hydrogen-bond acceptors (Lipinski definition) is 5. The van der Waals surface area contributed by atoms with E-state index in [0.29, 0.717) is 5.82 Å². The summed E-state index contributed by atoms with van der Waals surface area (Å²) in [6.07, 6.45) is 3.89. The maximum atomic E-state index is 14.6. The van der Waals surface area contributed by atoms with Crippen molar-refractivity contribution in [2.24, 2.45) is 0 Å². The number of nitrogens with one attached hydrogen (secondary N) is 3. The van der Waals surface area contributed by atoms with E-state index in [1.54, 1.807) is 6.92 Å². The molecule has 0 bridgehead atoms. The van der Waals surface area contributed by atoms with E-state index in [1.165, 1.54) is 31.6 Å². The first-order valence-electron chi connectivity index (χ1n) is 9.11. The lowest BCUT2D eigenvalue weighted by Gasteiger charge is -2.16. The number of urea groups is 1. The smallest absolute Gasteiger partial charge is 0.329 e. The Bertz CT molecular complexity index is 1180. The number of amides is 3. The SMILES string of the molecule is Cc1ncc(C(=O)NNC(=O)NC(C)c2ncc(-c3cc(Cl)cc(F)c3Cl)cc2F)cn1. The largest absolute Gasteiger partial charge is 0.334 e. The van der Waals surface area contributed by atoms with Crippen LogP contribution in [0.15, 0.2) is 36.8 Å². The predicted molar refractivity (Wildman–Crippen MR) is 114 cm³/mol. The summed E-state index contributed by atoms with van der Waals surface area (Å²) < 4.78 is 28.5. The van der Waals surface area contributed by atoms with Gasteiger partial charge in [-0.2, -0.15) is 0 Å². The van der Waals surface area contributed by atoms with E-state index >= 15 is 0 Å². The Kier molecular flexibility index (Phi) is 7.16. The second-order valence-corrected chi connectivity index (χ2v) is 7.45. The third-order valence-electron chi connectivity index (χ3n) is 4.26. The molecule has 32 heavy (non-hydrogen) atoms. The second kappa shape index (κ2) is 9.84. The number of aromatic nitrogens is 3. The van der Waals surface area contributed by atoms with Crippen molar-refractivity contribution in [3.63, 3.8) is 0 Å². The molecule has 0 radical (unpaired) electrons. The number of halogens is 4. The molecule has 8 nitrogen and oxygen atoms in total. The van der Waals surface area contributed by atoms with Crippen LogP contribution in [-0.4, -0.2) is 26.9 Å². The fraction of sp³-hybridized carbons (Fsp3) is 0.150. The maximum Gasteiger partial charge on any atom is 0.334 e. The zero-order chi connectivity index (χ0) is 23.4. The quantitative estimate of drug-likeness (QED) is 0.384. The molecule has 2 heterocycles. The molecule has 3 amide bonds. The Morgan fingerprint density at radius 1 is 0.969 bits per heavy atom. The summed E-state index contributed by atoms with van der Waals surface area (Å²) in [4.78, 5) is 35.8. The first kappa shape index (κ1) is 23.3. The fourth-order valence-electron chi connectivity index (χ4n) is 2.68. The van der Waals surface area contributed by atoms with Crippen LogP contribution in [0, 0.1) is 18.6 Å². The number of hydrazine groups is 1. The highest BCUT2D eigenvalue weighted by atomic mass is 35.5. The number of carbonyl (C=O) groups is 2. The Morgan fingerprint density at radius 3 is 2.31 bits per heavy atom. The van der Waals surface area contributed by atoms with Gasteiger partial charge in [0.2, 0.25) is 0 Å². The molecule has 3 N–H and O–H groups in total. The van der Waals surface area contributed by atoms with Crippen molar-refractivity contribution in [2.75, 3.05) is 0 Å². The number of aryl methyl sites for hydroxylation is 1. The molecule has 166 valence electrons. The Balaban J connectivity index is 1.65. The minimum atomic E-state index is -0.866. The van der Waals surface area contributed by atoms with E-state index in [-0.39, 0.29) is 32.4 Å². The number of hydrogen-bond donors (Lipinski definition) is 3. The van der Waals surface area contributed by atoms with Crippen molar-refractivity contribution in [1.29, 1.82) is 0 Å². The summed E-state index contributed by atoms with van der Waals surface area (Å²) in [7, 11) is 0. The highest BCUT2D eigenvalue weighted by Crippen LogP contribution is 2.33. The molecule has 0 aliphatic rings. The number of rotatable bonds is 4. The number of benzene rings is 1. The third kappa shape index (κ3) is 5.45. The zero-order valence-electron chi connectivity index (χ0n) is 16.7. The average Bonchev–Trinajstić information content (AvgIpc) is 2.74. The molecule has 1 aromatic carbocycles. The lowest BCUT2D eigenvalue weighted by atomic mass is 10.1. The molecule has 3 aromatic rings. The van der Waals surface area contributed by atoms with Crippen LogP contribution in [0.5, 0.6) is 0 Å². The maximum absolute atomic E-state index is 14.6. The molecule has 0 spiro atoms. The highest BCUT2D eigenvalue weighted by Gasteiger charge is 2.18. The molecule has 1 atom stereocenters. The molecule has 0 aliphatic heterocycles. The lowest BCUT2D eigenvalue weighted by molar-refractivity contribution is 0.0935. The van der Waals surface area contributed by atoms with E-state index in [1.807, 2.05) is 0 Å². The van der Waals surface area contributed by atoms with Crippen molar-refractivity contribution < 1.29 is 18.4 Å². The molecule has 3 rings (SSSR count).